The van der Waals surface area contributed by atoms with Crippen LogP contribution in [0.15, 0.2) is 60.8 Å². The highest BCUT2D eigenvalue weighted by Crippen LogP contribution is 2.33. The fourth-order valence-electron chi connectivity index (χ4n) is 4.10. The Kier molecular flexibility index (Phi) is 5.81. The Balaban J connectivity index is 1.58. The second-order valence-electron chi connectivity index (χ2n) is 8.63. The van der Waals surface area contributed by atoms with Crippen LogP contribution in [0.4, 0.5) is 5.69 Å². The highest BCUT2D eigenvalue weighted by Gasteiger charge is 2.24. The van der Waals surface area contributed by atoms with Crippen molar-refractivity contribution in [3.63, 3.8) is 0 Å². The number of nitrogens with zero attached hydrogens (tertiary/aromatic N) is 3. The zero-order valence-electron chi connectivity index (χ0n) is 18.6. The minimum absolute atomic E-state index is 0.0292. The number of hydrogen-bond donors (Lipinski definition) is 3. The number of fused-ring (bicyclic) bond motifs is 1. The van der Waals surface area contributed by atoms with E-state index in [-0.39, 0.29) is 12.2 Å². The molecule has 1 saturated carbocycles. The number of para-hydroxylation sites is 1. The van der Waals surface area contributed by atoms with E-state index >= 15 is 0 Å². The zero-order valence-corrected chi connectivity index (χ0v) is 18.6. The fraction of sp³-hybridized carbons (Fsp3) is 0.231. The Morgan fingerprint density at radius 3 is 2.68 bits per heavy atom. The quantitative estimate of drug-likeness (QED) is 0.371. The summed E-state index contributed by atoms with van der Waals surface area (Å²) in [6.07, 6.45) is 4.20. The smallest absolute Gasteiger partial charge is 0.307 e. The molecule has 34 heavy (non-hydrogen) atoms. The second-order valence-corrected chi connectivity index (χ2v) is 8.63. The maximum atomic E-state index is 13.3. The lowest BCUT2D eigenvalue weighted by atomic mass is 10.1. The average Bonchev–Trinajstić information content (AvgIpc) is 3.57. The van der Waals surface area contributed by atoms with E-state index in [0.29, 0.717) is 35.1 Å². The molecule has 0 radical (unpaired) electrons. The summed E-state index contributed by atoms with van der Waals surface area (Å²) in [6, 6.07) is 16.6. The van der Waals surface area contributed by atoms with Crippen molar-refractivity contribution in [3.8, 4) is 11.3 Å². The minimum atomic E-state index is -0.973. The van der Waals surface area contributed by atoms with Crippen molar-refractivity contribution >= 4 is 28.6 Å². The molecule has 8 nitrogen and oxygen atoms in total. The molecule has 0 unspecified atom stereocenters. The first-order valence-electron chi connectivity index (χ1n) is 11.3. The van der Waals surface area contributed by atoms with Gasteiger partial charge in [0.05, 0.1) is 12.1 Å². The third kappa shape index (κ3) is 4.53. The van der Waals surface area contributed by atoms with Crippen molar-refractivity contribution in [1.82, 2.24) is 14.5 Å². The summed E-state index contributed by atoms with van der Waals surface area (Å²) >= 11 is 0. The summed E-state index contributed by atoms with van der Waals surface area (Å²) in [5, 5.41) is 12.9. The van der Waals surface area contributed by atoms with Crippen LogP contribution in [-0.2, 0) is 24.3 Å². The largest absolute Gasteiger partial charge is 0.481 e. The van der Waals surface area contributed by atoms with Gasteiger partial charge in [0.15, 0.2) is 0 Å². The maximum Gasteiger partial charge on any atom is 0.307 e. The third-order valence-corrected chi connectivity index (χ3v) is 6.02. The van der Waals surface area contributed by atoms with Gasteiger partial charge in [-0.2, -0.15) is 0 Å². The lowest BCUT2D eigenvalue weighted by molar-refractivity contribution is -0.136. The number of carbonyl (C=O) groups is 2. The van der Waals surface area contributed by atoms with Gasteiger partial charge in [-0.3, -0.25) is 9.59 Å². The molecule has 8 heteroatoms. The van der Waals surface area contributed by atoms with Crippen molar-refractivity contribution in [2.24, 2.45) is 11.7 Å². The normalized spacial score (nSPS) is 13.2. The van der Waals surface area contributed by atoms with Gasteiger partial charge in [0, 0.05) is 35.9 Å². The zero-order chi connectivity index (χ0) is 23.7. The molecule has 1 amide bonds. The molecule has 1 fully saturated rings. The summed E-state index contributed by atoms with van der Waals surface area (Å²) in [6.45, 7) is 1.25. The van der Waals surface area contributed by atoms with E-state index in [1.54, 1.807) is 24.3 Å². The van der Waals surface area contributed by atoms with Crippen LogP contribution in [0.25, 0.3) is 22.3 Å². The van der Waals surface area contributed by atoms with Crippen LogP contribution in [0, 0.1) is 5.92 Å². The summed E-state index contributed by atoms with van der Waals surface area (Å²) in [4.78, 5) is 33.8. The SMILES string of the molecule is NCc1cccc(-c2nc(C(=O)Nc3ccccc3CC(=O)O)nc3c2ccn3CC2CC2)c1. The topological polar surface area (TPSA) is 123 Å². The molecule has 0 saturated heterocycles. The molecule has 0 aliphatic heterocycles. The summed E-state index contributed by atoms with van der Waals surface area (Å²) in [7, 11) is 0. The Morgan fingerprint density at radius 1 is 1.09 bits per heavy atom. The average molecular weight is 456 g/mol. The second kappa shape index (κ2) is 9.07. The number of amides is 1. The number of anilines is 1. The number of carbonyl (C=O) groups excluding carboxylic acids is 1. The van der Waals surface area contributed by atoms with E-state index in [2.05, 4.69) is 19.9 Å². The highest BCUT2D eigenvalue weighted by atomic mass is 16.4. The van der Waals surface area contributed by atoms with Gasteiger partial charge in [0.1, 0.15) is 5.65 Å². The van der Waals surface area contributed by atoms with Gasteiger partial charge in [-0.25, -0.2) is 9.97 Å². The van der Waals surface area contributed by atoms with Gasteiger partial charge in [-0.05, 0) is 48.1 Å². The molecule has 172 valence electrons. The highest BCUT2D eigenvalue weighted by molar-refractivity contribution is 6.04. The molecule has 2 heterocycles. The first-order valence-corrected chi connectivity index (χ1v) is 11.3. The van der Waals surface area contributed by atoms with Gasteiger partial charge in [0.2, 0.25) is 5.82 Å². The molecule has 0 bridgehead atoms. The van der Waals surface area contributed by atoms with E-state index < -0.39 is 11.9 Å². The minimum Gasteiger partial charge on any atom is -0.481 e. The predicted molar refractivity (Wildman–Crippen MR) is 129 cm³/mol. The monoisotopic (exact) mass is 455 g/mol. The number of hydrogen-bond acceptors (Lipinski definition) is 5. The predicted octanol–water partition coefficient (Wildman–Crippen LogP) is 3.85. The molecular weight excluding hydrogens is 430 g/mol. The molecule has 4 N–H and O–H groups in total. The van der Waals surface area contributed by atoms with Crippen LogP contribution in [0.5, 0.6) is 0 Å². The van der Waals surface area contributed by atoms with Crippen molar-refractivity contribution < 1.29 is 14.7 Å². The lowest BCUT2D eigenvalue weighted by Crippen LogP contribution is -2.18. The van der Waals surface area contributed by atoms with Crippen molar-refractivity contribution in [1.29, 1.82) is 0 Å². The molecule has 0 atom stereocenters. The van der Waals surface area contributed by atoms with Gasteiger partial charge >= 0.3 is 5.97 Å². The van der Waals surface area contributed by atoms with E-state index in [4.69, 9.17) is 5.73 Å². The van der Waals surface area contributed by atoms with Crippen LogP contribution in [0.2, 0.25) is 0 Å². The molecule has 1 aliphatic rings. The number of nitrogens with one attached hydrogen (secondary N) is 1. The number of benzene rings is 2. The van der Waals surface area contributed by atoms with E-state index in [1.165, 1.54) is 12.8 Å². The summed E-state index contributed by atoms with van der Waals surface area (Å²) < 4.78 is 2.08. The first kappa shape index (κ1) is 21.8. The van der Waals surface area contributed by atoms with E-state index in [0.717, 1.165) is 23.1 Å². The molecule has 2 aromatic heterocycles. The third-order valence-electron chi connectivity index (χ3n) is 6.02. The van der Waals surface area contributed by atoms with Crippen molar-refractivity contribution in [2.45, 2.75) is 32.4 Å². The van der Waals surface area contributed by atoms with Crippen LogP contribution in [-0.4, -0.2) is 31.5 Å². The number of carboxylic acids is 1. The van der Waals surface area contributed by atoms with Crippen LogP contribution < -0.4 is 11.1 Å². The molecule has 1 aliphatic carbocycles. The number of aliphatic carboxylic acids is 1. The van der Waals surface area contributed by atoms with Gasteiger partial charge < -0.3 is 20.7 Å². The van der Waals surface area contributed by atoms with Crippen LogP contribution in [0.1, 0.15) is 34.6 Å². The molecule has 4 aromatic rings. The van der Waals surface area contributed by atoms with Gasteiger partial charge in [0.25, 0.3) is 5.91 Å². The van der Waals surface area contributed by atoms with Gasteiger partial charge in [-0.1, -0.05) is 36.4 Å². The maximum absolute atomic E-state index is 13.3. The number of carboxylic acid groups (broad SMARTS) is 1. The molecule has 0 spiro atoms. The van der Waals surface area contributed by atoms with E-state index in [1.807, 2.05) is 36.5 Å². The van der Waals surface area contributed by atoms with E-state index in [9.17, 15) is 14.7 Å². The number of aromatic nitrogens is 3. The fourth-order valence-corrected chi connectivity index (χ4v) is 4.10. The molecule has 2 aromatic carbocycles. The number of rotatable bonds is 8. The van der Waals surface area contributed by atoms with Gasteiger partial charge in [-0.15, -0.1) is 0 Å². The Morgan fingerprint density at radius 2 is 1.91 bits per heavy atom. The Hall–Kier alpha value is -4.04. The summed E-state index contributed by atoms with van der Waals surface area (Å²) in [5.74, 6) is -0.800. The summed E-state index contributed by atoms with van der Waals surface area (Å²) in [5.41, 5.74) is 9.99. The van der Waals surface area contributed by atoms with Crippen molar-refractivity contribution in [3.05, 3.63) is 77.7 Å². The Bertz CT molecular complexity index is 1390. The van der Waals surface area contributed by atoms with Crippen LogP contribution >= 0.6 is 0 Å². The lowest BCUT2D eigenvalue weighted by Gasteiger charge is -2.12. The first-order chi connectivity index (χ1) is 16.5. The van der Waals surface area contributed by atoms with Crippen molar-refractivity contribution in [2.75, 3.05) is 5.32 Å². The molecule has 5 rings (SSSR count). The Labute approximate surface area is 196 Å². The standard InChI is InChI=1S/C26H25N5O3/c27-14-17-4-3-6-19(12-17)23-20-10-11-31(15-16-8-9-16)25(20)30-24(29-23)26(34)28-21-7-2-1-5-18(21)13-22(32)33/h1-7,10-12,16H,8-9,13-15,27H2,(H,28,34)(H,32,33). The van der Waals surface area contributed by atoms with Crippen LogP contribution in [0.3, 0.4) is 0 Å². The number of nitrogens with two attached hydrogens (primary N) is 1. The molecular formula is C26H25N5O3.